The number of nitro groups is 1. The number of nitrogens with zero attached hydrogens (tertiary/aromatic N) is 3. The predicted octanol–water partition coefficient (Wildman–Crippen LogP) is 1.79. The van der Waals surface area contributed by atoms with Gasteiger partial charge in [0.2, 0.25) is 0 Å². The highest BCUT2D eigenvalue weighted by Gasteiger charge is 2.18. The van der Waals surface area contributed by atoms with Crippen molar-refractivity contribution in [2.24, 2.45) is 0 Å². The van der Waals surface area contributed by atoms with Crippen LogP contribution in [-0.2, 0) is 10.0 Å². The molecule has 0 aliphatic rings. The SMILES string of the molecule is O=[N+]([O-])c1ccc(S(=O)(=O)n2cc(Br)cn2)cc1. The van der Waals surface area contributed by atoms with Crippen LogP contribution in [0.4, 0.5) is 5.69 Å². The molecule has 9 heteroatoms. The van der Waals surface area contributed by atoms with Crippen LogP contribution in [-0.4, -0.2) is 22.5 Å². The van der Waals surface area contributed by atoms with Crippen molar-refractivity contribution in [3.8, 4) is 0 Å². The molecule has 0 spiro atoms. The summed E-state index contributed by atoms with van der Waals surface area (Å²) in [6.45, 7) is 0. The molecule has 0 amide bonds. The quantitative estimate of drug-likeness (QED) is 0.631. The molecule has 2 aromatic rings. The highest BCUT2D eigenvalue weighted by Crippen LogP contribution is 2.19. The number of rotatable bonds is 3. The average Bonchev–Trinajstić information content (AvgIpc) is 2.76. The Labute approximate surface area is 110 Å². The number of non-ortho nitro benzene ring substituents is 1. The number of halogens is 1. The molecule has 0 saturated carbocycles. The van der Waals surface area contributed by atoms with Crippen molar-refractivity contribution < 1.29 is 13.3 Å². The maximum absolute atomic E-state index is 12.0. The molecule has 0 N–H and O–H groups in total. The van der Waals surface area contributed by atoms with Crippen molar-refractivity contribution in [3.05, 3.63) is 51.2 Å². The van der Waals surface area contributed by atoms with Gasteiger partial charge in [-0.3, -0.25) is 10.1 Å². The summed E-state index contributed by atoms with van der Waals surface area (Å²) in [7, 11) is -3.81. The van der Waals surface area contributed by atoms with Crippen molar-refractivity contribution in [1.82, 2.24) is 9.19 Å². The highest BCUT2D eigenvalue weighted by molar-refractivity contribution is 9.10. The van der Waals surface area contributed by atoms with Crippen LogP contribution in [0.3, 0.4) is 0 Å². The summed E-state index contributed by atoms with van der Waals surface area (Å²) in [5.74, 6) is 0. The van der Waals surface area contributed by atoms with Gasteiger partial charge in [0.15, 0.2) is 0 Å². The maximum Gasteiger partial charge on any atom is 0.282 e. The van der Waals surface area contributed by atoms with E-state index < -0.39 is 14.9 Å². The lowest BCUT2D eigenvalue weighted by atomic mass is 10.3. The Kier molecular flexibility index (Phi) is 3.18. The van der Waals surface area contributed by atoms with Gasteiger partial charge in [-0.25, -0.2) is 0 Å². The van der Waals surface area contributed by atoms with E-state index in [9.17, 15) is 18.5 Å². The summed E-state index contributed by atoms with van der Waals surface area (Å²) >= 11 is 3.09. The van der Waals surface area contributed by atoms with Crippen LogP contribution < -0.4 is 0 Å². The summed E-state index contributed by atoms with van der Waals surface area (Å²) in [4.78, 5) is 9.81. The Hall–Kier alpha value is -1.74. The summed E-state index contributed by atoms with van der Waals surface area (Å²) in [5, 5.41) is 14.1. The van der Waals surface area contributed by atoms with Crippen molar-refractivity contribution in [1.29, 1.82) is 0 Å². The van der Waals surface area contributed by atoms with Gasteiger partial charge < -0.3 is 0 Å². The van der Waals surface area contributed by atoms with E-state index in [1.807, 2.05) is 0 Å². The molecule has 0 radical (unpaired) electrons. The molecule has 0 saturated heterocycles. The summed E-state index contributed by atoms with van der Waals surface area (Å²) in [5.41, 5.74) is -0.171. The van der Waals surface area contributed by atoms with Crippen molar-refractivity contribution in [3.63, 3.8) is 0 Å². The van der Waals surface area contributed by atoms with E-state index in [-0.39, 0.29) is 10.6 Å². The molecule has 0 fully saturated rings. The monoisotopic (exact) mass is 331 g/mol. The predicted molar refractivity (Wildman–Crippen MR) is 65.6 cm³/mol. The Morgan fingerprint density at radius 3 is 2.33 bits per heavy atom. The highest BCUT2D eigenvalue weighted by atomic mass is 79.9. The summed E-state index contributed by atoms with van der Waals surface area (Å²) in [6, 6.07) is 4.60. The smallest absolute Gasteiger partial charge is 0.258 e. The van der Waals surface area contributed by atoms with Gasteiger partial charge in [-0.05, 0) is 28.1 Å². The van der Waals surface area contributed by atoms with Crippen LogP contribution in [0.5, 0.6) is 0 Å². The number of benzene rings is 1. The normalized spacial score (nSPS) is 11.4. The first-order chi connectivity index (χ1) is 8.41. The largest absolute Gasteiger partial charge is 0.282 e. The van der Waals surface area contributed by atoms with E-state index in [4.69, 9.17) is 0 Å². The molecule has 0 aliphatic carbocycles. The Bertz CT molecular complexity index is 693. The van der Waals surface area contributed by atoms with Crippen molar-refractivity contribution in [2.75, 3.05) is 0 Å². The third kappa shape index (κ3) is 2.27. The fraction of sp³-hybridized carbons (Fsp3) is 0. The van der Waals surface area contributed by atoms with Crippen LogP contribution in [0.2, 0.25) is 0 Å². The van der Waals surface area contributed by atoms with Gasteiger partial charge in [-0.2, -0.15) is 17.6 Å². The average molecular weight is 332 g/mol. The van der Waals surface area contributed by atoms with Crippen LogP contribution >= 0.6 is 15.9 Å². The molecule has 7 nitrogen and oxygen atoms in total. The Morgan fingerprint density at radius 2 is 1.89 bits per heavy atom. The molecule has 0 aliphatic heterocycles. The van der Waals surface area contributed by atoms with Gasteiger partial charge in [0.05, 0.1) is 26.7 Å². The molecule has 1 aromatic heterocycles. The molecule has 18 heavy (non-hydrogen) atoms. The lowest BCUT2D eigenvalue weighted by Crippen LogP contribution is -2.13. The maximum atomic E-state index is 12.0. The van der Waals surface area contributed by atoms with Crippen LogP contribution in [0.25, 0.3) is 0 Å². The molecule has 0 bridgehead atoms. The van der Waals surface area contributed by atoms with Gasteiger partial charge in [-0.1, -0.05) is 0 Å². The topological polar surface area (TPSA) is 95.1 Å². The molecule has 0 atom stereocenters. The number of hydrogen-bond acceptors (Lipinski definition) is 5. The van der Waals surface area contributed by atoms with Gasteiger partial charge >= 0.3 is 0 Å². The Balaban J connectivity index is 2.45. The van der Waals surface area contributed by atoms with Crippen LogP contribution in [0.1, 0.15) is 0 Å². The zero-order valence-electron chi connectivity index (χ0n) is 8.72. The molecule has 1 heterocycles. The molecule has 0 unspecified atom stereocenters. The fourth-order valence-electron chi connectivity index (χ4n) is 1.26. The third-order valence-corrected chi connectivity index (χ3v) is 4.09. The van der Waals surface area contributed by atoms with Crippen molar-refractivity contribution in [2.45, 2.75) is 4.90 Å². The summed E-state index contributed by atoms with van der Waals surface area (Å²) in [6.07, 6.45) is 2.62. The minimum absolute atomic E-state index is 0.0660. The first-order valence-electron chi connectivity index (χ1n) is 4.61. The lowest BCUT2D eigenvalue weighted by molar-refractivity contribution is -0.384. The van der Waals surface area contributed by atoms with Crippen molar-refractivity contribution >= 4 is 31.6 Å². The molecule has 1 aromatic carbocycles. The molecule has 94 valence electrons. The van der Waals surface area contributed by atoms with Gasteiger partial charge in [0.25, 0.3) is 15.7 Å². The summed E-state index contributed by atoms with van der Waals surface area (Å²) < 4.78 is 25.4. The zero-order chi connectivity index (χ0) is 13.3. The number of hydrogen-bond donors (Lipinski definition) is 0. The number of nitro benzene ring substituents is 1. The first kappa shape index (κ1) is 12.7. The Morgan fingerprint density at radius 1 is 1.28 bits per heavy atom. The lowest BCUT2D eigenvalue weighted by Gasteiger charge is -2.03. The zero-order valence-corrected chi connectivity index (χ0v) is 11.1. The van der Waals surface area contributed by atoms with E-state index in [1.165, 1.54) is 24.5 Å². The minimum atomic E-state index is -3.81. The standard InChI is InChI=1S/C9H6BrN3O4S/c10-7-5-11-12(6-7)18(16,17)9-3-1-8(2-4-9)13(14)15/h1-6H. The molecule has 2 rings (SSSR count). The molecular weight excluding hydrogens is 326 g/mol. The third-order valence-electron chi connectivity index (χ3n) is 2.12. The van der Waals surface area contributed by atoms with Gasteiger partial charge in [0, 0.05) is 12.1 Å². The number of aromatic nitrogens is 2. The van der Waals surface area contributed by atoms with E-state index in [2.05, 4.69) is 21.0 Å². The fourth-order valence-corrected chi connectivity index (χ4v) is 2.80. The second-order valence-electron chi connectivity index (χ2n) is 3.29. The second-order valence-corrected chi connectivity index (χ2v) is 6.00. The van der Waals surface area contributed by atoms with Gasteiger partial charge in [0.1, 0.15) is 0 Å². The van der Waals surface area contributed by atoms with E-state index in [1.54, 1.807) is 0 Å². The molecular formula is C9H6BrN3O4S. The van der Waals surface area contributed by atoms with Crippen LogP contribution in [0, 0.1) is 10.1 Å². The first-order valence-corrected chi connectivity index (χ1v) is 6.85. The van der Waals surface area contributed by atoms with E-state index in [0.29, 0.717) is 4.47 Å². The van der Waals surface area contributed by atoms with E-state index >= 15 is 0 Å². The second kappa shape index (κ2) is 4.50. The van der Waals surface area contributed by atoms with Gasteiger partial charge in [-0.15, -0.1) is 0 Å². The van der Waals surface area contributed by atoms with Crippen LogP contribution in [0.15, 0.2) is 46.0 Å². The van der Waals surface area contributed by atoms with E-state index in [0.717, 1.165) is 16.2 Å². The minimum Gasteiger partial charge on any atom is -0.258 e.